The van der Waals surface area contributed by atoms with Gasteiger partial charge in [-0.3, -0.25) is 4.79 Å². The average molecular weight is 305 g/mol. The van der Waals surface area contributed by atoms with Crippen molar-refractivity contribution in [2.45, 2.75) is 57.0 Å². The number of imidazole rings is 1. The minimum atomic E-state index is -0.889. The largest absolute Gasteiger partial charge is 0.382 e. The second kappa shape index (κ2) is 6.41. The van der Waals surface area contributed by atoms with Gasteiger partial charge < -0.3 is 14.6 Å². The van der Waals surface area contributed by atoms with E-state index in [1.54, 1.807) is 6.20 Å². The molecular formula is C17H27N3O2. The fourth-order valence-corrected chi connectivity index (χ4v) is 3.93. The molecular weight excluding hydrogens is 278 g/mol. The van der Waals surface area contributed by atoms with Crippen LogP contribution < -0.4 is 0 Å². The first-order chi connectivity index (χ1) is 10.6. The second-order valence-corrected chi connectivity index (χ2v) is 6.98. The molecule has 1 saturated carbocycles. The van der Waals surface area contributed by atoms with E-state index in [0.29, 0.717) is 44.1 Å². The quantitative estimate of drug-likeness (QED) is 0.931. The van der Waals surface area contributed by atoms with Crippen LogP contribution in [0.2, 0.25) is 0 Å². The van der Waals surface area contributed by atoms with Gasteiger partial charge in [0.15, 0.2) is 0 Å². The molecule has 0 unspecified atom stereocenters. The molecule has 1 N–H and O–H groups in total. The first-order valence-electron chi connectivity index (χ1n) is 8.56. The van der Waals surface area contributed by atoms with Crippen molar-refractivity contribution < 1.29 is 9.90 Å². The van der Waals surface area contributed by atoms with E-state index in [4.69, 9.17) is 0 Å². The van der Waals surface area contributed by atoms with Crippen LogP contribution in [0, 0.1) is 5.92 Å². The standard InChI is InChI=1S/C17H27N3O2/c1-19-12-9-18-16(19)17(22)7-10-20(11-8-17)15(21)13-14-5-3-2-4-6-14/h9,12,14,22H,2-8,10-11,13H2,1H3. The Morgan fingerprint density at radius 2 is 2.00 bits per heavy atom. The van der Waals surface area contributed by atoms with Crippen LogP contribution in [-0.2, 0) is 17.4 Å². The minimum Gasteiger partial charge on any atom is -0.382 e. The fraction of sp³-hybridized carbons (Fsp3) is 0.765. The van der Waals surface area contributed by atoms with Gasteiger partial charge in [-0.15, -0.1) is 0 Å². The molecule has 2 aliphatic rings. The van der Waals surface area contributed by atoms with Crippen molar-refractivity contribution in [2.24, 2.45) is 13.0 Å². The highest BCUT2D eigenvalue weighted by molar-refractivity contribution is 5.76. The number of nitrogens with zero attached hydrogens (tertiary/aromatic N) is 3. The molecule has 3 rings (SSSR count). The number of likely N-dealkylation sites (tertiary alicyclic amines) is 1. The number of carbonyl (C=O) groups excluding carboxylic acids is 1. The first kappa shape index (κ1) is 15.5. The van der Waals surface area contributed by atoms with E-state index in [1.165, 1.54) is 32.1 Å². The molecule has 0 radical (unpaired) electrons. The van der Waals surface area contributed by atoms with E-state index in [0.717, 1.165) is 0 Å². The van der Waals surface area contributed by atoms with Crippen LogP contribution in [0.3, 0.4) is 0 Å². The molecule has 5 heteroatoms. The van der Waals surface area contributed by atoms with Crippen LogP contribution in [0.4, 0.5) is 0 Å². The van der Waals surface area contributed by atoms with Gasteiger partial charge >= 0.3 is 0 Å². The molecule has 1 aromatic rings. The molecule has 122 valence electrons. The van der Waals surface area contributed by atoms with E-state index in [9.17, 15) is 9.90 Å². The third-order valence-electron chi connectivity index (χ3n) is 5.37. The van der Waals surface area contributed by atoms with Crippen LogP contribution in [-0.4, -0.2) is 38.6 Å². The van der Waals surface area contributed by atoms with Crippen LogP contribution in [0.1, 0.15) is 57.2 Å². The lowest BCUT2D eigenvalue weighted by molar-refractivity contribution is -0.137. The van der Waals surface area contributed by atoms with Crippen molar-refractivity contribution in [3.8, 4) is 0 Å². The summed E-state index contributed by atoms with van der Waals surface area (Å²) in [4.78, 5) is 18.7. The van der Waals surface area contributed by atoms with Crippen molar-refractivity contribution >= 4 is 5.91 Å². The molecule has 1 amide bonds. The van der Waals surface area contributed by atoms with Crippen molar-refractivity contribution in [3.63, 3.8) is 0 Å². The maximum atomic E-state index is 12.5. The summed E-state index contributed by atoms with van der Waals surface area (Å²) in [6.45, 7) is 1.27. The highest BCUT2D eigenvalue weighted by Gasteiger charge is 2.38. The van der Waals surface area contributed by atoms with Crippen LogP contribution in [0.15, 0.2) is 12.4 Å². The van der Waals surface area contributed by atoms with Crippen molar-refractivity contribution in [3.05, 3.63) is 18.2 Å². The average Bonchev–Trinajstić information content (AvgIpc) is 2.96. The Morgan fingerprint density at radius 1 is 1.32 bits per heavy atom. The summed E-state index contributed by atoms with van der Waals surface area (Å²) in [6, 6.07) is 0. The molecule has 1 aromatic heterocycles. The van der Waals surface area contributed by atoms with Gasteiger partial charge in [0.25, 0.3) is 0 Å². The van der Waals surface area contributed by atoms with Gasteiger partial charge in [0, 0.05) is 51.8 Å². The van der Waals surface area contributed by atoms with E-state index >= 15 is 0 Å². The summed E-state index contributed by atoms with van der Waals surface area (Å²) in [5.41, 5.74) is -0.889. The zero-order valence-electron chi connectivity index (χ0n) is 13.5. The molecule has 1 saturated heterocycles. The molecule has 0 atom stereocenters. The number of aliphatic hydroxyl groups is 1. The second-order valence-electron chi connectivity index (χ2n) is 6.98. The fourth-order valence-electron chi connectivity index (χ4n) is 3.93. The van der Waals surface area contributed by atoms with Crippen LogP contribution in [0.25, 0.3) is 0 Å². The van der Waals surface area contributed by atoms with Crippen molar-refractivity contribution in [1.82, 2.24) is 14.5 Å². The monoisotopic (exact) mass is 305 g/mol. The molecule has 0 aromatic carbocycles. The zero-order chi connectivity index (χ0) is 15.6. The number of aryl methyl sites for hydroxylation is 1. The third kappa shape index (κ3) is 3.19. The Balaban J connectivity index is 1.55. The topological polar surface area (TPSA) is 58.4 Å². The maximum absolute atomic E-state index is 12.5. The van der Waals surface area contributed by atoms with Gasteiger partial charge in [-0.25, -0.2) is 4.98 Å². The first-order valence-corrected chi connectivity index (χ1v) is 8.56. The summed E-state index contributed by atoms with van der Waals surface area (Å²) >= 11 is 0. The Morgan fingerprint density at radius 3 is 2.59 bits per heavy atom. The van der Waals surface area contributed by atoms with Gasteiger partial charge in [-0.05, 0) is 18.8 Å². The Hall–Kier alpha value is -1.36. The summed E-state index contributed by atoms with van der Waals surface area (Å²) < 4.78 is 1.87. The number of carbonyl (C=O) groups is 1. The normalized spacial score (nSPS) is 22.7. The number of rotatable bonds is 3. The van der Waals surface area contributed by atoms with E-state index < -0.39 is 5.60 Å². The smallest absolute Gasteiger partial charge is 0.222 e. The van der Waals surface area contributed by atoms with Crippen molar-refractivity contribution in [1.29, 1.82) is 0 Å². The molecule has 5 nitrogen and oxygen atoms in total. The molecule has 0 spiro atoms. The minimum absolute atomic E-state index is 0.272. The number of hydrogen-bond acceptors (Lipinski definition) is 3. The Bertz CT molecular complexity index is 512. The van der Waals surface area contributed by atoms with Crippen LogP contribution in [0.5, 0.6) is 0 Å². The molecule has 2 fully saturated rings. The number of amides is 1. The summed E-state index contributed by atoms with van der Waals surface area (Å²) in [6.07, 6.45) is 11.7. The Labute approximate surface area is 132 Å². The van der Waals surface area contributed by atoms with Gasteiger partial charge in [0.05, 0.1) is 0 Å². The van der Waals surface area contributed by atoms with Gasteiger partial charge in [-0.1, -0.05) is 19.3 Å². The van der Waals surface area contributed by atoms with E-state index in [1.807, 2.05) is 22.7 Å². The lowest BCUT2D eigenvalue weighted by Crippen LogP contribution is -2.46. The molecule has 22 heavy (non-hydrogen) atoms. The molecule has 1 aliphatic heterocycles. The lowest BCUT2D eigenvalue weighted by atomic mass is 9.86. The van der Waals surface area contributed by atoms with Gasteiger partial charge in [-0.2, -0.15) is 0 Å². The number of hydrogen-bond donors (Lipinski definition) is 1. The van der Waals surface area contributed by atoms with Crippen LogP contribution >= 0.6 is 0 Å². The predicted molar refractivity (Wildman–Crippen MR) is 84.1 cm³/mol. The SMILES string of the molecule is Cn1ccnc1C1(O)CCN(C(=O)CC2CCCCC2)CC1. The Kier molecular flexibility index (Phi) is 4.52. The maximum Gasteiger partial charge on any atom is 0.222 e. The summed E-state index contributed by atoms with van der Waals surface area (Å²) in [5, 5.41) is 10.8. The van der Waals surface area contributed by atoms with E-state index in [2.05, 4.69) is 4.98 Å². The lowest BCUT2D eigenvalue weighted by Gasteiger charge is -2.38. The number of aromatic nitrogens is 2. The number of piperidine rings is 1. The highest BCUT2D eigenvalue weighted by Crippen LogP contribution is 2.33. The molecule has 1 aliphatic carbocycles. The summed E-state index contributed by atoms with van der Waals surface area (Å²) in [5.74, 6) is 1.57. The highest BCUT2D eigenvalue weighted by atomic mass is 16.3. The van der Waals surface area contributed by atoms with Gasteiger partial charge in [0.2, 0.25) is 5.91 Å². The summed E-state index contributed by atoms with van der Waals surface area (Å²) in [7, 11) is 1.90. The van der Waals surface area contributed by atoms with E-state index in [-0.39, 0.29) is 5.91 Å². The van der Waals surface area contributed by atoms with Crippen molar-refractivity contribution in [2.75, 3.05) is 13.1 Å². The third-order valence-corrected chi connectivity index (χ3v) is 5.37. The van der Waals surface area contributed by atoms with Gasteiger partial charge in [0.1, 0.15) is 11.4 Å². The molecule has 2 heterocycles. The zero-order valence-corrected chi connectivity index (χ0v) is 13.5. The predicted octanol–water partition coefficient (Wildman–Crippen LogP) is 2.20. The molecule has 0 bridgehead atoms.